The number of ether oxygens (including phenoxy) is 1. The fourth-order valence-electron chi connectivity index (χ4n) is 3.75. The molecule has 8 heteroatoms. The molecule has 0 saturated carbocycles. The molecule has 4 rings (SSSR count). The van der Waals surface area contributed by atoms with E-state index in [9.17, 15) is 5.11 Å². The Bertz CT molecular complexity index is 1230. The number of rotatable bonds is 5. The zero-order valence-corrected chi connectivity index (χ0v) is 23.8. The summed E-state index contributed by atoms with van der Waals surface area (Å²) in [6, 6.07) is 16.4. The van der Waals surface area contributed by atoms with Gasteiger partial charge in [0.1, 0.15) is 22.8 Å². The molecule has 1 atom stereocenters. The largest absolute Gasteiger partial charge is 0.508 e. The van der Waals surface area contributed by atoms with E-state index in [4.69, 9.17) is 48.8 Å². The van der Waals surface area contributed by atoms with Crippen molar-refractivity contribution in [3.8, 4) is 17.2 Å². The molecule has 0 aromatic heterocycles. The molecule has 0 bridgehead atoms. The second-order valence-electron chi connectivity index (χ2n) is 8.92. The van der Waals surface area contributed by atoms with E-state index >= 15 is 0 Å². The van der Waals surface area contributed by atoms with Crippen LogP contribution in [0, 0.1) is 13.8 Å². The van der Waals surface area contributed by atoms with Crippen LogP contribution in [-0.4, -0.2) is 17.3 Å². The predicted octanol–water partition coefficient (Wildman–Crippen LogP) is 8.16. The van der Waals surface area contributed by atoms with Crippen LogP contribution in [0.2, 0.25) is 10.0 Å². The molecule has 4 nitrogen and oxygen atoms in total. The minimum absolute atomic E-state index is 0.0822. The van der Waals surface area contributed by atoms with Crippen molar-refractivity contribution in [1.29, 1.82) is 0 Å². The highest BCUT2D eigenvalue weighted by atomic mass is 35.5. The van der Waals surface area contributed by atoms with Gasteiger partial charge in [0.2, 0.25) is 0 Å². The number of fused-ring (bicyclic) bond motifs is 1. The summed E-state index contributed by atoms with van der Waals surface area (Å²) in [5.74, 6) is 1.84. The Morgan fingerprint density at radius 2 is 1.77 bits per heavy atom. The molecular formula is C27H31Cl2O4PS. The fourth-order valence-corrected chi connectivity index (χ4v) is 6.78. The van der Waals surface area contributed by atoms with Crippen molar-refractivity contribution in [3.05, 3.63) is 81.3 Å². The van der Waals surface area contributed by atoms with Gasteiger partial charge in [0.15, 0.2) is 0 Å². The number of aryl methyl sites for hydroxylation is 1. The topological polar surface area (TPSA) is 47.9 Å². The first-order valence-corrected chi connectivity index (χ1v) is 14.8. The minimum Gasteiger partial charge on any atom is -0.508 e. The van der Waals surface area contributed by atoms with Gasteiger partial charge >= 0.3 is 0 Å². The molecule has 35 heavy (non-hydrogen) atoms. The zero-order valence-electron chi connectivity index (χ0n) is 20.6. The van der Waals surface area contributed by atoms with Gasteiger partial charge in [-0.05, 0) is 107 Å². The van der Waals surface area contributed by atoms with Crippen LogP contribution in [-0.2, 0) is 22.8 Å². The molecule has 0 spiro atoms. The third-order valence-corrected chi connectivity index (χ3v) is 9.33. The average molecular weight is 553 g/mol. The van der Waals surface area contributed by atoms with E-state index in [0.29, 0.717) is 28.2 Å². The van der Waals surface area contributed by atoms with E-state index < -0.39 is 6.49 Å². The van der Waals surface area contributed by atoms with Crippen LogP contribution >= 0.6 is 29.7 Å². The number of benzene rings is 3. The molecule has 0 radical (unpaired) electrons. The lowest BCUT2D eigenvalue weighted by Crippen LogP contribution is -2.33. The summed E-state index contributed by atoms with van der Waals surface area (Å²) in [7, 11) is 0. The van der Waals surface area contributed by atoms with E-state index in [-0.39, 0.29) is 5.60 Å². The van der Waals surface area contributed by atoms with Crippen LogP contribution in [0.3, 0.4) is 0 Å². The van der Waals surface area contributed by atoms with E-state index in [1.807, 2.05) is 51.1 Å². The molecule has 1 aliphatic heterocycles. The first kappa shape index (κ1) is 27.8. The average Bonchev–Trinajstić information content (AvgIpc) is 2.80. The third-order valence-electron chi connectivity index (χ3n) is 5.66. The first-order chi connectivity index (χ1) is 16.5. The quantitative estimate of drug-likeness (QED) is 0.323. The summed E-state index contributed by atoms with van der Waals surface area (Å²) in [6.45, 7) is 7.88. The van der Waals surface area contributed by atoms with Crippen molar-refractivity contribution in [1.82, 2.24) is 0 Å². The highest BCUT2D eigenvalue weighted by molar-refractivity contribution is 8.13. The smallest absolute Gasteiger partial charge is 0.269 e. The first-order valence-electron chi connectivity index (χ1n) is 11.4. The van der Waals surface area contributed by atoms with Gasteiger partial charge in [0.05, 0.1) is 11.6 Å². The van der Waals surface area contributed by atoms with Crippen molar-refractivity contribution < 1.29 is 18.9 Å². The summed E-state index contributed by atoms with van der Waals surface area (Å²) in [6.07, 6.45) is 1.99. The van der Waals surface area contributed by atoms with Gasteiger partial charge < -0.3 is 18.9 Å². The molecule has 1 N–H and O–H groups in total. The summed E-state index contributed by atoms with van der Waals surface area (Å²) in [5, 5.41) is 11.5. The highest BCUT2D eigenvalue weighted by Crippen LogP contribution is 2.49. The summed E-state index contributed by atoms with van der Waals surface area (Å²) in [4.78, 5) is 0. The Balaban J connectivity index is 0.000000203. The minimum atomic E-state index is -2.63. The van der Waals surface area contributed by atoms with Gasteiger partial charge in [0, 0.05) is 15.9 Å². The lowest BCUT2D eigenvalue weighted by molar-refractivity contribution is 0.0832. The van der Waals surface area contributed by atoms with Crippen molar-refractivity contribution in [3.63, 3.8) is 0 Å². The Morgan fingerprint density at radius 1 is 1.09 bits per heavy atom. The Labute approximate surface area is 223 Å². The maximum absolute atomic E-state index is 9.73. The van der Waals surface area contributed by atoms with Crippen LogP contribution in [0.15, 0.2) is 54.6 Å². The number of halogens is 2. The summed E-state index contributed by atoms with van der Waals surface area (Å²) in [5.41, 5.74) is 3.08. The van der Waals surface area contributed by atoms with Gasteiger partial charge in [0.25, 0.3) is 6.49 Å². The van der Waals surface area contributed by atoms with Gasteiger partial charge in [-0.15, -0.1) is 0 Å². The number of hydrogen-bond acceptors (Lipinski definition) is 5. The van der Waals surface area contributed by atoms with Crippen LogP contribution in [0.25, 0.3) is 0 Å². The van der Waals surface area contributed by atoms with E-state index in [1.165, 1.54) is 5.56 Å². The summed E-state index contributed by atoms with van der Waals surface area (Å²) >= 11 is 17.6. The summed E-state index contributed by atoms with van der Waals surface area (Å²) < 4.78 is 17.6. The molecule has 1 aliphatic rings. The van der Waals surface area contributed by atoms with Crippen LogP contribution < -0.4 is 14.6 Å². The second-order valence-corrected chi connectivity index (χ2v) is 13.2. The second kappa shape index (κ2) is 11.5. The lowest BCUT2D eigenvalue weighted by atomic mass is 9.90. The van der Waals surface area contributed by atoms with Crippen molar-refractivity contribution in [2.24, 2.45) is 0 Å². The van der Waals surface area contributed by atoms with Crippen LogP contribution in [0.5, 0.6) is 17.2 Å². The molecule has 3 aromatic carbocycles. The maximum Gasteiger partial charge on any atom is 0.269 e. The van der Waals surface area contributed by atoms with Crippen molar-refractivity contribution in [2.45, 2.75) is 53.1 Å². The predicted molar refractivity (Wildman–Crippen MR) is 150 cm³/mol. The molecule has 188 valence electrons. The number of phenolic OH excluding ortho intramolecular Hbond substituents is 1. The van der Waals surface area contributed by atoms with Gasteiger partial charge in [-0.25, -0.2) is 0 Å². The Morgan fingerprint density at radius 3 is 2.40 bits per heavy atom. The molecule has 1 unspecified atom stereocenters. The molecule has 0 amide bonds. The SMILES string of the molecule is CCOP(=S)(Oc1ccc(Cl)cc1Cl)c1ccccc1.Cc1cc(O)c(C)c2c1OC(C)(C)CC2. The lowest BCUT2D eigenvalue weighted by Gasteiger charge is -2.34. The van der Waals surface area contributed by atoms with Crippen molar-refractivity contribution in [2.75, 3.05) is 6.61 Å². The Hall–Kier alpha value is -1.75. The number of aromatic hydroxyl groups is 1. The third kappa shape index (κ3) is 6.93. The number of hydrogen-bond donors (Lipinski definition) is 1. The molecule has 1 heterocycles. The van der Waals surface area contributed by atoms with E-state index in [0.717, 1.165) is 35.0 Å². The van der Waals surface area contributed by atoms with Gasteiger partial charge in [-0.1, -0.05) is 41.4 Å². The highest BCUT2D eigenvalue weighted by Gasteiger charge is 2.29. The van der Waals surface area contributed by atoms with Crippen LogP contribution in [0.1, 0.15) is 43.9 Å². The van der Waals surface area contributed by atoms with Crippen molar-refractivity contribution >= 4 is 46.8 Å². The molecule has 3 aromatic rings. The number of phenols is 1. The monoisotopic (exact) mass is 552 g/mol. The Kier molecular flexibility index (Phi) is 9.17. The molecule has 0 fully saturated rings. The van der Waals surface area contributed by atoms with Gasteiger partial charge in [-0.2, -0.15) is 0 Å². The maximum atomic E-state index is 9.73. The van der Waals surface area contributed by atoms with E-state index in [1.54, 1.807) is 24.3 Å². The molecule has 0 saturated heterocycles. The molecular weight excluding hydrogens is 522 g/mol. The fraction of sp³-hybridized carbons (Fsp3) is 0.333. The van der Waals surface area contributed by atoms with Gasteiger partial charge in [-0.3, -0.25) is 0 Å². The van der Waals surface area contributed by atoms with Crippen LogP contribution in [0.4, 0.5) is 0 Å². The normalized spacial score (nSPS) is 15.6. The standard InChI is InChI=1S/C14H13Cl2O2PS.C13H18O2/c1-2-17-19(20,12-6-4-3-5-7-12)18-14-9-8-11(15)10-13(14)16;1-8-7-11(14)9(2)10-5-6-13(3,4)15-12(8)10/h3-10H,2H2,1H3;7,14H,5-6H2,1-4H3. The molecule has 0 aliphatic carbocycles. The van der Waals surface area contributed by atoms with E-state index in [2.05, 4.69) is 13.8 Å². The zero-order chi connectivity index (χ0) is 25.8.